The first-order valence-corrected chi connectivity index (χ1v) is 7.78. The van der Waals surface area contributed by atoms with Gasteiger partial charge in [0, 0.05) is 5.54 Å². The third-order valence-electron chi connectivity index (χ3n) is 3.42. The van der Waals surface area contributed by atoms with Gasteiger partial charge in [-0.05, 0) is 39.0 Å². The highest BCUT2D eigenvalue weighted by Crippen LogP contribution is 2.26. The predicted octanol–water partition coefficient (Wildman–Crippen LogP) is 0.926. The van der Waals surface area contributed by atoms with Crippen LogP contribution >= 0.6 is 0 Å². The van der Waals surface area contributed by atoms with Gasteiger partial charge in [-0.3, -0.25) is 5.32 Å². The van der Waals surface area contributed by atoms with Crippen molar-refractivity contribution < 1.29 is 13.2 Å². The molecule has 1 unspecified atom stereocenters. The zero-order valence-electron chi connectivity index (χ0n) is 10.0. The largest absolute Gasteiger partial charge is 0.361 e. The lowest BCUT2D eigenvalue weighted by molar-refractivity contribution is 0.0761. The van der Waals surface area contributed by atoms with Gasteiger partial charge < -0.3 is 4.74 Å². The SMILES string of the molecule is CC1(C)COC(CC2CCS(=O)(=O)CC2)N1. The molecule has 0 amide bonds. The fourth-order valence-electron chi connectivity index (χ4n) is 2.43. The lowest BCUT2D eigenvalue weighted by Gasteiger charge is -2.25. The van der Waals surface area contributed by atoms with Crippen molar-refractivity contribution in [3.8, 4) is 0 Å². The molecule has 5 heteroatoms. The highest BCUT2D eigenvalue weighted by atomic mass is 32.2. The van der Waals surface area contributed by atoms with E-state index in [0.717, 1.165) is 25.9 Å². The van der Waals surface area contributed by atoms with Crippen LogP contribution in [-0.4, -0.2) is 38.3 Å². The number of hydrogen-bond donors (Lipinski definition) is 1. The van der Waals surface area contributed by atoms with Gasteiger partial charge in [0.05, 0.1) is 18.1 Å². The number of sulfone groups is 1. The van der Waals surface area contributed by atoms with Crippen LogP contribution in [0.25, 0.3) is 0 Å². The summed E-state index contributed by atoms with van der Waals surface area (Å²) in [5.41, 5.74) is 0.0609. The van der Waals surface area contributed by atoms with Crippen molar-refractivity contribution in [2.45, 2.75) is 44.9 Å². The lowest BCUT2D eigenvalue weighted by atomic mass is 9.97. The Balaban J connectivity index is 1.80. The van der Waals surface area contributed by atoms with E-state index < -0.39 is 9.84 Å². The van der Waals surface area contributed by atoms with Crippen molar-refractivity contribution in [3.05, 3.63) is 0 Å². The molecular weight excluding hydrogens is 226 g/mol. The predicted molar refractivity (Wildman–Crippen MR) is 62.9 cm³/mol. The maximum absolute atomic E-state index is 11.3. The average Bonchev–Trinajstić information content (AvgIpc) is 2.50. The fourth-order valence-corrected chi connectivity index (χ4v) is 4.02. The van der Waals surface area contributed by atoms with Gasteiger partial charge in [-0.15, -0.1) is 0 Å². The number of hydrogen-bond acceptors (Lipinski definition) is 4. The van der Waals surface area contributed by atoms with Crippen molar-refractivity contribution in [2.75, 3.05) is 18.1 Å². The Labute approximate surface area is 97.7 Å². The maximum atomic E-state index is 11.3. The topological polar surface area (TPSA) is 55.4 Å². The Hall–Kier alpha value is -0.130. The van der Waals surface area contributed by atoms with Gasteiger partial charge in [-0.2, -0.15) is 0 Å². The van der Waals surface area contributed by atoms with Gasteiger partial charge in [0.2, 0.25) is 0 Å². The summed E-state index contributed by atoms with van der Waals surface area (Å²) in [5.74, 6) is 1.21. The van der Waals surface area contributed by atoms with Crippen LogP contribution in [0.3, 0.4) is 0 Å². The Morgan fingerprint density at radius 1 is 1.31 bits per heavy atom. The van der Waals surface area contributed by atoms with Gasteiger partial charge in [-0.1, -0.05) is 0 Å². The molecular formula is C11H21NO3S. The zero-order valence-corrected chi connectivity index (χ0v) is 10.8. The molecule has 16 heavy (non-hydrogen) atoms. The van der Waals surface area contributed by atoms with E-state index >= 15 is 0 Å². The molecule has 1 N–H and O–H groups in total. The molecule has 2 heterocycles. The summed E-state index contributed by atoms with van der Waals surface area (Å²) in [5, 5.41) is 3.43. The third-order valence-corrected chi connectivity index (χ3v) is 5.13. The molecule has 0 aromatic heterocycles. The Kier molecular flexibility index (Phi) is 3.29. The average molecular weight is 247 g/mol. The normalized spacial score (nSPS) is 34.0. The summed E-state index contributed by atoms with van der Waals surface area (Å²) in [6, 6.07) is 0. The highest BCUT2D eigenvalue weighted by molar-refractivity contribution is 7.91. The molecule has 2 aliphatic heterocycles. The Morgan fingerprint density at radius 2 is 1.94 bits per heavy atom. The second-order valence-electron chi connectivity index (χ2n) is 5.66. The van der Waals surface area contributed by atoms with Crippen LogP contribution in [0.2, 0.25) is 0 Å². The molecule has 0 aromatic rings. The maximum Gasteiger partial charge on any atom is 0.150 e. The van der Waals surface area contributed by atoms with E-state index in [4.69, 9.17) is 4.74 Å². The Bertz CT molecular complexity index is 336. The van der Waals surface area contributed by atoms with E-state index in [2.05, 4.69) is 19.2 Å². The second kappa shape index (κ2) is 4.27. The van der Waals surface area contributed by atoms with Gasteiger partial charge in [0.15, 0.2) is 0 Å². The van der Waals surface area contributed by atoms with Crippen molar-refractivity contribution in [2.24, 2.45) is 5.92 Å². The van der Waals surface area contributed by atoms with Crippen molar-refractivity contribution in [3.63, 3.8) is 0 Å². The molecule has 0 radical (unpaired) electrons. The summed E-state index contributed by atoms with van der Waals surface area (Å²) >= 11 is 0. The molecule has 2 fully saturated rings. The van der Waals surface area contributed by atoms with E-state index in [0.29, 0.717) is 17.4 Å². The number of rotatable bonds is 2. The summed E-state index contributed by atoms with van der Waals surface area (Å²) < 4.78 is 28.2. The molecule has 94 valence electrons. The monoisotopic (exact) mass is 247 g/mol. The molecule has 0 aliphatic carbocycles. The highest BCUT2D eigenvalue weighted by Gasteiger charge is 2.33. The molecule has 0 saturated carbocycles. The third kappa shape index (κ3) is 3.18. The zero-order chi connectivity index (χ0) is 11.8. The van der Waals surface area contributed by atoms with Crippen molar-refractivity contribution in [1.29, 1.82) is 0 Å². The van der Waals surface area contributed by atoms with Crippen LogP contribution in [0.1, 0.15) is 33.1 Å². The van der Waals surface area contributed by atoms with E-state index in [1.807, 2.05) is 0 Å². The molecule has 0 bridgehead atoms. The first-order chi connectivity index (χ1) is 7.36. The standard InChI is InChI=1S/C11H21NO3S/c1-11(2)8-15-10(12-11)7-9-3-5-16(13,14)6-4-9/h9-10,12H,3-8H2,1-2H3. The summed E-state index contributed by atoms with van der Waals surface area (Å²) in [6.45, 7) is 4.99. The summed E-state index contributed by atoms with van der Waals surface area (Å²) in [6.07, 6.45) is 2.65. The minimum Gasteiger partial charge on any atom is -0.361 e. The molecule has 2 aliphatic rings. The van der Waals surface area contributed by atoms with Gasteiger partial charge in [-0.25, -0.2) is 8.42 Å². The molecule has 4 nitrogen and oxygen atoms in total. The second-order valence-corrected chi connectivity index (χ2v) is 7.96. The Morgan fingerprint density at radius 3 is 2.44 bits per heavy atom. The van der Waals surface area contributed by atoms with Crippen LogP contribution in [0, 0.1) is 5.92 Å². The fraction of sp³-hybridized carbons (Fsp3) is 1.00. The van der Waals surface area contributed by atoms with Crippen molar-refractivity contribution in [1.82, 2.24) is 5.32 Å². The minimum absolute atomic E-state index is 0.0609. The van der Waals surface area contributed by atoms with Crippen LogP contribution in [0.15, 0.2) is 0 Å². The lowest BCUT2D eigenvalue weighted by Crippen LogP contribution is -2.40. The van der Waals surface area contributed by atoms with E-state index in [-0.39, 0.29) is 11.8 Å². The summed E-state index contributed by atoms with van der Waals surface area (Å²) in [4.78, 5) is 0. The molecule has 2 rings (SSSR count). The van der Waals surface area contributed by atoms with Gasteiger partial charge >= 0.3 is 0 Å². The first kappa shape index (κ1) is 12.3. The van der Waals surface area contributed by atoms with Crippen molar-refractivity contribution >= 4 is 9.84 Å². The smallest absolute Gasteiger partial charge is 0.150 e. The molecule has 1 atom stereocenters. The first-order valence-electron chi connectivity index (χ1n) is 5.96. The molecule has 2 saturated heterocycles. The van der Waals surface area contributed by atoms with Gasteiger partial charge in [0.25, 0.3) is 0 Å². The van der Waals surface area contributed by atoms with Crippen LogP contribution in [0.4, 0.5) is 0 Å². The number of nitrogens with one attached hydrogen (secondary N) is 1. The summed E-state index contributed by atoms with van der Waals surface area (Å²) in [7, 11) is -2.73. The minimum atomic E-state index is -2.73. The molecule has 0 spiro atoms. The van der Waals surface area contributed by atoms with E-state index in [1.165, 1.54) is 0 Å². The van der Waals surface area contributed by atoms with Crippen LogP contribution < -0.4 is 5.32 Å². The van der Waals surface area contributed by atoms with E-state index in [1.54, 1.807) is 0 Å². The molecule has 0 aromatic carbocycles. The number of ether oxygens (including phenoxy) is 1. The van der Waals surface area contributed by atoms with E-state index in [9.17, 15) is 8.42 Å². The van der Waals surface area contributed by atoms with Gasteiger partial charge in [0.1, 0.15) is 16.1 Å². The van der Waals surface area contributed by atoms with Crippen LogP contribution in [-0.2, 0) is 14.6 Å². The quantitative estimate of drug-likeness (QED) is 0.788. The van der Waals surface area contributed by atoms with Crippen LogP contribution in [0.5, 0.6) is 0 Å².